The smallest absolute Gasteiger partial charge is 0.225 e. The quantitative estimate of drug-likeness (QED) is 0.882. The first-order valence-corrected chi connectivity index (χ1v) is 7.12. The molecule has 1 N–H and O–H groups in total. The molecule has 0 aliphatic heterocycles. The molecular weight excluding hydrogens is 305 g/mol. The van der Waals surface area contributed by atoms with Gasteiger partial charge in [-0.3, -0.25) is 4.79 Å². The number of rotatable bonds is 6. The van der Waals surface area contributed by atoms with Crippen molar-refractivity contribution in [2.75, 3.05) is 18.9 Å². The Bertz CT molecular complexity index is 691. The number of hydrogen-bond donors (Lipinski definition) is 1. The Morgan fingerprint density at radius 2 is 1.83 bits per heavy atom. The molecule has 0 unspecified atom stereocenters. The maximum absolute atomic E-state index is 13.6. The molecule has 0 heterocycles. The van der Waals surface area contributed by atoms with Crippen molar-refractivity contribution >= 4 is 11.6 Å². The first-order valence-electron chi connectivity index (χ1n) is 7.12. The largest absolute Gasteiger partial charge is 0.324 e. The molecule has 23 heavy (non-hydrogen) atoms. The summed E-state index contributed by atoms with van der Waals surface area (Å²) < 4.78 is 39.8. The molecule has 0 saturated heterocycles. The Balaban J connectivity index is 1.83. The third-order valence-corrected chi connectivity index (χ3v) is 3.32. The van der Waals surface area contributed by atoms with Gasteiger partial charge >= 0.3 is 0 Å². The molecule has 0 aliphatic carbocycles. The molecule has 0 atom stereocenters. The highest BCUT2D eigenvalue weighted by molar-refractivity contribution is 5.90. The molecule has 1 amide bonds. The average molecular weight is 322 g/mol. The van der Waals surface area contributed by atoms with E-state index in [4.69, 9.17) is 0 Å². The molecule has 0 aliphatic rings. The van der Waals surface area contributed by atoms with Crippen molar-refractivity contribution in [3.05, 3.63) is 65.5 Å². The number of para-hydroxylation sites is 1. The second kappa shape index (κ2) is 7.78. The fourth-order valence-electron chi connectivity index (χ4n) is 2.09. The Labute approximate surface area is 132 Å². The summed E-state index contributed by atoms with van der Waals surface area (Å²) >= 11 is 0. The van der Waals surface area contributed by atoms with Gasteiger partial charge in [-0.15, -0.1) is 0 Å². The summed E-state index contributed by atoms with van der Waals surface area (Å²) in [4.78, 5) is 13.5. The summed E-state index contributed by atoms with van der Waals surface area (Å²) in [6.07, 6.45) is 0.133. The minimum absolute atomic E-state index is 0.129. The Hall–Kier alpha value is -2.34. The summed E-state index contributed by atoms with van der Waals surface area (Å²) in [6, 6.07) is 9.30. The van der Waals surface area contributed by atoms with E-state index in [1.54, 1.807) is 18.0 Å². The molecule has 2 aromatic carbocycles. The maximum atomic E-state index is 13.6. The van der Waals surface area contributed by atoms with Crippen molar-refractivity contribution in [2.24, 2.45) is 0 Å². The zero-order valence-electron chi connectivity index (χ0n) is 12.7. The van der Waals surface area contributed by atoms with Crippen molar-refractivity contribution in [2.45, 2.75) is 13.0 Å². The summed E-state index contributed by atoms with van der Waals surface area (Å²) in [6.45, 7) is 0.607. The van der Waals surface area contributed by atoms with E-state index < -0.39 is 17.5 Å². The zero-order chi connectivity index (χ0) is 16.8. The number of carbonyl (C=O) groups is 1. The van der Waals surface area contributed by atoms with Crippen LogP contribution in [0.1, 0.15) is 12.0 Å². The Kier molecular flexibility index (Phi) is 5.76. The summed E-state index contributed by atoms with van der Waals surface area (Å²) in [5.74, 6) is -2.07. The standard InChI is InChI=1S/C17H17F3N2O/c1-22(11-12-6-7-13(18)10-15(12)20)9-8-17(23)21-16-5-3-2-4-14(16)19/h2-7,10H,8-9,11H2,1H3,(H,21,23). The third kappa shape index (κ3) is 5.10. The number of nitrogens with one attached hydrogen (secondary N) is 1. The van der Waals surface area contributed by atoms with E-state index in [2.05, 4.69) is 5.32 Å². The molecule has 0 radical (unpaired) electrons. The molecule has 0 bridgehead atoms. The molecular formula is C17H17F3N2O. The van der Waals surface area contributed by atoms with Gasteiger partial charge in [0.15, 0.2) is 0 Å². The van der Waals surface area contributed by atoms with Gasteiger partial charge in [0.1, 0.15) is 17.5 Å². The van der Waals surface area contributed by atoms with E-state index in [-0.39, 0.29) is 24.6 Å². The van der Waals surface area contributed by atoms with E-state index in [0.29, 0.717) is 12.1 Å². The molecule has 0 aromatic heterocycles. The van der Waals surface area contributed by atoms with Crippen molar-refractivity contribution in [1.29, 1.82) is 0 Å². The molecule has 0 fully saturated rings. The highest BCUT2D eigenvalue weighted by Gasteiger charge is 2.10. The van der Waals surface area contributed by atoms with E-state index in [1.807, 2.05) is 0 Å². The van der Waals surface area contributed by atoms with Gasteiger partial charge in [-0.25, -0.2) is 13.2 Å². The van der Waals surface area contributed by atoms with Gasteiger partial charge < -0.3 is 10.2 Å². The molecule has 3 nitrogen and oxygen atoms in total. The SMILES string of the molecule is CN(CCC(=O)Nc1ccccc1F)Cc1ccc(F)cc1F. The van der Waals surface area contributed by atoms with Crippen LogP contribution < -0.4 is 5.32 Å². The van der Waals surface area contributed by atoms with Crippen LogP contribution in [-0.4, -0.2) is 24.4 Å². The summed E-state index contributed by atoms with van der Waals surface area (Å²) in [5, 5.41) is 2.48. The van der Waals surface area contributed by atoms with Gasteiger partial charge in [0, 0.05) is 31.1 Å². The van der Waals surface area contributed by atoms with E-state index in [0.717, 1.165) is 6.07 Å². The van der Waals surface area contributed by atoms with Crippen LogP contribution in [0.15, 0.2) is 42.5 Å². The molecule has 6 heteroatoms. The fourth-order valence-corrected chi connectivity index (χ4v) is 2.09. The lowest BCUT2D eigenvalue weighted by Crippen LogP contribution is -2.24. The van der Waals surface area contributed by atoms with Crippen LogP contribution in [0.2, 0.25) is 0 Å². The first-order chi connectivity index (χ1) is 11.0. The van der Waals surface area contributed by atoms with Crippen molar-refractivity contribution in [3.8, 4) is 0 Å². The third-order valence-electron chi connectivity index (χ3n) is 3.32. The second-order valence-corrected chi connectivity index (χ2v) is 5.25. The van der Waals surface area contributed by atoms with Gasteiger partial charge in [0.2, 0.25) is 5.91 Å². The highest BCUT2D eigenvalue weighted by Crippen LogP contribution is 2.14. The van der Waals surface area contributed by atoms with E-state index in [1.165, 1.54) is 30.3 Å². The number of benzene rings is 2. The number of hydrogen-bond acceptors (Lipinski definition) is 2. The van der Waals surface area contributed by atoms with Crippen LogP contribution in [0.4, 0.5) is 18.9 Å². The summed E-state index contributed by atoms with van der Waals surface area (Å²) in [5.41, 5.74) is 0.480. The van der Waals surface area contributed by atoms with Crippen molar-refractivity contribution < 1.29 is 18.0 Å². The lowest BCUT2D eigenvalue weighted by molar-refractivity contribution is -0.116. The topological polar surface area (TPSA) is 32.3 Å². The van der Waals surface area contributed by atoms with E-state index >= 15 is 0 Å². The zero-order valence-corrected chi connectivity index (χ0v) is 12.7. The number of anilines is 1. The van der Waals surface area contributed by atoms with Crippen LogP contribution in [-0.2, 0) is 11.3 Å². The Morgan fingerprint density at radius 1 is 1.09 bits per heavy atom. The van der Waals surface area contributed by atoms with Crippen LogP contribution in [0.5, 0.6) is 0 Å². The van der Waals surface area contributed by atoms with Gasteiger partial charge in [-0.05, 0) is 25.2 Å². The predicted molar refractivity (Wildman–Crippen MR) is 82.3 cm³/mol. The molecule has 0 spiro atoms. The fraction of sp³-hybridized carbons (Fsp3) is 0.235. The Morgan fingerprint density at radius 3 is 2.52 bits per heavy atom. The van der Waals surface area contributed by atoms with Crippen LogP contribution in [0.25, 0.3) is 0 Å². The normalized spacial score (nSPS) is 10.8. The van der Waals surface area contributed by atoms with Gasteiger partial charge in [0.05, 0.1) is 5.69 Å². The monoisotopic (exact) mass is 322 g/mol. The number of nitrogens with zero attached hydrogens (tertiary/aromatic N) is 1. The molecule has 0 saturated carbocycles. The number of carbonyl (C=O) groups excluding carboxylic acids is 1. The predicted octanol–water partition coefficient (Wildman–Crippen LogP) is 3.56. The van der Waals surface area contributed by atoms with Crippen molar-refractivity contribution in [3.63, 3.8) is 0 Å². The molecule has 2 aromatic rings. The summed E-state index contributed by atoms with van der Waals surface area (Å²) in [7, 11) is 1.72. The van der Waals surface area contributed by atoms with Gasteiger partial charge in [-0.1, -0.05) is 18.2 Å². The lowest BCUT2D eigenvalue weighted by Gasteiger charge is -2.17. The number of halogens is 3. The van der Waals surface area contributed by atoms with Gasteiger partial charge in [0.25, 0.3) is 0 Å². The maximum Gasteiger partial charge on any atom is 0.225 e. The van der Waals surface area contributed by atoms with E-state index in [9.17, 15) is 18.0 Å². The minimum Gasteiger partial charge on any atom is -0.324 e. The van der Waals surface area contributed by atoms with Crippen molar-refractivity contribution in [1.82, 2.24) is 4.90 Å². The van der Waals surface area contributed by atoms with Crippen LogP contribution in [0, 0.1) is 17.5 Å². The van der Waals surface area contributed by atoms with Crippen LogP contribution >= 0.6 is 0 Å². The first kappa shape index (κ1) is 17.0. The lowest BCUT2D eigenvalue weighted by atomic mass is 10.2. The molecule has 2 rings (SSSR count). The second-order valence-electron chi connectivity index (χ2n) is 5.25. The highest BCUT2D eigenvalue weighted by atomic mass is 19.1. The molecule has 122 valence electrons. The van der Waals surface area contributed by atoms with Gasteiger partial charge in [-0.2, -0.15) is 0 Å². The number of amides is 1. The van der Waals surface area contributed by atoms with Crippen LogP contribution in [0.3, 0.4) is 0 Å². The average Bonchev–Trinajstić information content (AvgIpc) is 2.50. The minimum atomic E-state index is -0.627.